The van der Waals surface area contributed by atoms with Crippen LogP contribution < -0.4 is 5.32 Å². The van der Waals surface area contributed by atoms with Crippen LogP contribution in [-0.2, 0) is 28.3 Å². The van der Waals surface area contributed by atoms with Crippen LogP contribution in [0.5, 0.6) is 0 Å². The van der Waals surface area contributed by atoms with Gasteiger partial charge in [-0.05, 0) is 54.7 Å². The van der Waals surface area contributed by atoms with E-state index in [0.717, 1.165) is 29.7 Å². The fourth-order valence-corrected chi connectivity index (χ4v) is 5.26. The van der Waals surface area contributed by atoms with Gasteiger partial charge in [0.2, 0.25) is 15.9 Å². The van der Waals surface area contributed by atoms with Gasteiger partial charge in [-0.3, -0.25) is 4.79 Å². The molecule has 3 aromatic rings. The maximum absolute atomic E-state index is 12.8. The van der Waals surface area contributed by atoms with Gasteiger partial charge in [-0.25, -0.2) is 17.7 Å². The smallest absolute Gasteiger partial charge is 0.242 e. The molecule has 1 aliphatic rings. The molecule has 1 unspecified atom stereocenters. The van der Waals surface area contributed by atoms with Gasteiger partial charge in [-0.2, -0.15) is 0 Å². The van der Waals surface area contributed by atoms with Crippen molar-refractivity contribution >= 4 is 38.6 Å². The average Bonchev–Trinajstić information content (AvgIpc) is 3.06. The first-order valence-corrected chi connectivity index (χ1v) is 12.9. The van der Waals surface area contributed by atoms with Crippen LogP contribution in [-0.4, -0.2) is 42.3 Å². The van der Waals surface area contributed by atoms with E-state index in [1.807, 2.05) is 35.9 Å². The lowest BCUT2D eigenvalue weighted by atomic mass is 9.77. The number of aromatic nitrogens is 2. The molecule has 2 aromatic carbocycles. The van der Waals surface area contributed by atoms with E-state index in [-0.39, 0.29) is 16.8 Å². The van der Waals surface area contributed by atoms with Gasteiger partial charge in [-0.15, -0.1) is 0 Å². The standard InChI is InChI=1S/C24H29ClN4O3S/c1-28(2)33(31,32)19-11-12-21-20(15-19)26-22(29(21)3)13-14-23(30)27-24(16-5-4-6-16)17-7-9-18(25)10-8-17/h7-12,15-16,24H,4-6,13-14H2,1-3H3,(H,27,30). The van der Waals surface area contributed by atoms with Crippen LogP contribution >= 0.6 is 11.6 Å². The van der Waals surface area contributed by atoms with Crippen LogP contribution in [0.2, 0.25) is 5.02 Å². The van der Waals surface area contributed by atoms with Crippen LogP contribution in [0.4, 0.5) is 0 Å². The van der Waals surface area contributed by atoms with Crippen molar-refractivity contribution in [2.45, 2.75) is 43.0 Å². The van der Waals surface area contributed by atoms with Crippen molar-refractivity contribution in [3.8, 4) is 0 Å². The van der Waals surface area contributed by atoms with Crippen molar-refractivity contribution in [2.24, 2.45) is 13.0 Å². The monoisotopic (exact) mass is 488 g/mol. The van der Waals surface area contributed by atoms with Gasteiger partial charge in [0, 0.05) is 39.0 Å². The number of halogens is 1. The number of rotatable bonds is 8. The van der Waals surface area contributed by atoms with Gasteiger partial charge in [0.15, 0.2) is 0 Å². The fraction of sp³-hybridized carbons (Fsp3) is 0.417. The largest absolute Gasteiger partial charge is 0.349 e. The molecule has 4 rings (SSSR count). The highest BCUT2D eigenvalue weighted by atomic mass is 35.5. The topological polar surface area (TPSA) is 84.3 Å². The zero-order valence-electron chi connectivity index (χ0n) is 19.1. The summed E-state index contributed by atoms with van der Waals surface area (Å²) < 4.78 is 28.0. The lowest BCUT2D eigenvalue weighted by Gasteiger charge is -2.34. The molecule has 1 aromatic heterocycles. The molecule has 1 fully saturated rings. The maximum atomic E-state index is 12.8. The van der Waals surface area contributed by atoms with Crippen molar-refractivity contribution in [1.29, 1.82) is 0 Å². The first-order chi connectivity index (χ1) is 15.7. The van der Waals surface area contributed by atoms with Gasteiger partial charge < -0.3 is 9.88 Å². The second-order valence-corrected chi connectivity index (χ2v) is 11.4. The average molecular weight is 489 g/mol. The molecule has 176 valence electrons. The minimum Gasteiger partial charge on any atom is -0.349 e. The van der Waals surface area contributed by atoms with Crippen LogP contribution in [0.1, 0.15) is 43.1 Å². The number of imidazole rings is 1. The molecule has 0 saturated heterocycles. The number of carbonyl (C=O) groups is 1. The minimum atomic E-state index is -3.53. The Morgan fingerprint density at radius 2 is 1.91 bits per heavy atom. The fourth-order valence-electron chi connectivity index (χ4n) is 4.21. The van der Waals surface area contributed by atoms with E-state index in [1.54, 1.807) is 18.2 Å². The summed E-state index contributed by atoms with van der Waals surface area (Å²) in [7, 11) is 1.35. The molecule has 0 bridgehead atoms. The quantitative estimate of drug-likeness (QED) is 0.518. The molecule has 1 atom stereocenters. The Morgan fingerprint density at radius 1 is 1.21 bits per heavy atom. The Labute approximate surface area is 199 Å². The molecule has 9 heteroatoms. The van der Waals surface area contributed by atoms with Gasteiger partial charge in [-0.1, -0.05) is 30.2 Å². The van der Waals surface area contributed by atoms with Crippen molar-refractivity contribution in [3.05, 3.63) is 58.9 Å². The number of aryl methyl sites for hydroxylation is 2. The number of hydrogen-bond acceptors (Lipinski definition) is 4. The van der Waals surface area contributed by atoms with Gasteiger partial charge in [0.05, 0.1) is 22.0 Å². The molecule has 0 radical (unpaired) electrons. The van der Waals surface area contributed by atoms with Crippen LogP contribution in [0.25, 0.3) is 11.0 Å². The highest BCUT2D eigenvalue weighted by Gasteiger charge is 2.29. The van der Waals surface area contributed by atoms with Crippen LogP contribution in [0.3, 0.4) is 0 Å². The highest BCUT2D eigenvalue weighted by Crippen LogP contribution is 2.38. The predicted molar refractivity (Wildman–Crippen MR) is 130 cm³/mol. The number of fused-ring (bicyclic) bond motifs is 1. The van der Waals surface area contributed by atoms with E-state index in [0.29, 0.717) is 29.3 Å². The van der Waals surface area contributed by atoms with Crippen molar-refractivity contribution in [1.82, 2.24) is 19.2 Å². The second kappa shape index (κ2) is 9.44. The number of carbonyl (C=O) groups excluding carboxylic acids is 1. The predicted octanol–water partition coefficient (Wildman–Crippen LogP) is 4.07. The second-order valence-electron chi connectivity index (χ2n) is 8.81. The molecule has 7 nitrogen and oxygen atoms in total. The molecule has 1 saturated carbocycles. The SMILES string of the molecule is CN(C)S(=O)(=O)c1ccc2c(c1)nc(CCC(=O)NC(c1ccc(Cl)cc1)C1CCC1)n2C. The van der Waals surface area contributed by atoms with E-state index in [4.69, 9.17) is 11.6 Å². The van der Waals surface area contributed by atoms with Gasteiger partial charge >= 0.3 is 0 Å². The van der Waals surface area contributed by atoms with E-state index in [2.05, 4.69) is 10.3 Å². The third-order valence-corrected chi connectivity index (χ3v) is 8.53. The third kappa shape index (κ3) is 4.93. The van der Waals surface area contributed by atoms with Crippen molar-refractivity contribution in [3.63, 3.8) is 0 Å². The molecular weight excluding hydrogens is 460 g/mol. The summed E-state index contributed by atoms with van der Waals surface area (Å²) in [5, 5.41) is 3.90. The minimum absolute atomic E-state index is 0.0113. The molecule has 1 heterocycles. The summed E-state index contributed by atoms with van der Waals surface area (Å²) in [4.78, 5) is 17.7. The van der Waals surface area contributed by atoms with Crippen LogP contribution in [0.15, 0.2) is 47.4 Å². The molecule has 33 heavy (non-hydrogen) atoms. The summed E-state index contributed by atoms with van der Waals surface area (Å²) in [5.41, 5.74) is 2.51. The number of nitrogens with zero attached hydrogens (tertiary/aromatic N) is 3. The van der Waals surface area contributed by atoms with E-state index >= 15 is 0 Å². The van der Waals surface area contributed by atoms with Crippen molar-refractivity contribution in [2.75, 3.05) is 14.1 Å². The lowest BCUT2D eigenvalue weighted by molar-refractivity contribution is -0.122. The first kappa shape index (κ1) is 23.7. The van der Waals surface area contributed by atoms with E-state index in [1.165, 1.54) is 24.8 Å². The number of hydrogen-bond donors (Lipinski definition) is 1. The molecule has 1 amide bonds. The molecule has 0 aliphatic heterocycles. The molecule has 1 aliphatic carbocycles. The van der Waals surface area contributed by atoms with E-state index in [9.17, 15) is 13.2 Å². The van der Waals surface area contributed by atoms with Gasteiger partial charge in [0.25, 0.3) is 0 Å². The molecule has 0 spiro atoms. The summed E-state index contributed by atoms with van der Waals surface area (Å²) in [5.74, 6) is 1.17. The van der Waals surface area contributed by atoms with E-state index < -0.39 is 10.0 Å². The number of sulfonamides is 1. The molecule has 1 N–H and O–H groups in total. The summed E-state index contributed by atoms with van der Waals surface area (Å²) >= 11 is 6.03. The highest BCUT2D eigenvalue weighted by molar-refractivity contribution is 7.89. The zero-order valence-corrected chi connectivity index (χ0v) is 20.7. The summed E-state index contributed by atoms with van der Waals surface area (Å²) in [6, 6.07) is 12.6. The Hall–Kier alpha value is -2.42. The number of nitrogens with one attached hydrogen (secondary N) is 1. The Balaban J connectivity index is 1.47. The van der Waals surface area contributed by atoms with Crippen LogP contribution in [0, 0.1) is 5.92 Å². The normalized spacial score (nSPS) is 15.5. The third-order valence-electron chi connectivity index (χ3n) is 6.47. The Bertz CT molecular complexity index is 1260. The first-order valence-electron chi connectivity index (χ1n) is 11.1. The summed E-state index contributed by atoms with van der Waals surface area (Å²) in [6.07, 6.45) is 4.17. The summed E-state index contributed by atoms with van der Waals surface area (Å²) in [6.45, 7) is 0. The Kier molecular flexibility index (Phi) is 6.79. The maximum Gasteiger partial charge on any atom is 0.242 e. The lowest BCUT2D eigenvalue weighted by Crippen LogP contribution is -2.36. The van der Waals surface area contributed by atoms with Gasteiger partial charge in [0.1, 0.15) is 5.82 Å². The molecular formula is C24H29ClN4O3S. The van der Waals surface area contributed by atoms with Crippen molar-refractivity contribution < 1.29 is 13.2 Å². The number of amides is 1. The number of benzene rings is 2. The zero-order chi connectivity index (χ0) is 23.8. The Morgan fingerprint density at radius 3 is 2.52 bits per heavy atom.